The van der Waals surface area contributed by atoms with Gasteiger partial charge in [0.2, 0.25) is 0 Å². The molecule has 1 unspecified atom stereocenters. The van der Waals surface area contributed by atoms with Crippen LogP contribution in [0.3, 0.4) is 0 Å². The molecule has 1 aromatic carbocycles. The maximum Gasteiger partial charge on any atom is 0.180 e. The summed E-state index contributed by atoms with van der Waals surface area (Å²) in [4.78, 5) is 11.8. The van der Waals surface area contributed by atoms with Gasteiger partial charge >= 0.3 is 0 Å². The Balaban J connectivity index is 2.18. The Hall–Kier alpha value is -1.59. The standard InChI is InChI=1S/C12H11NO/c1-2-7-13-11-8-9-5-3-4-6-10(9)12(11)14/h1,3-6,11,13H,7-8H2. The molecule has 1 atom stereocenters. The lowest BCUT2D eigenvalue weighted by molar-refractivity contribution is 0.0960. The van der Waals surface area contributed by atoms with Gasteiger partial charge in [-0.3, -0.25) is 10.1 Å². The molecule has 0 fully saturated rings. The van der Waals surface area contributed by atoms with Crippen molar-refractivity contribution in [2.24, 2.45) is 0 Å². The number of fused-ring (bicyclic) bond motifs is 1. The van der Waals surface area contributed by atoms with Gasteiger partial charge in [0.05, 0.1) is 12.6 Å². The predicted octanol–water partition coefficient (Wildman–Crippen LogP) is 1.02. The summed E-state index contributed by atoms with van der Waals surface area (Å²) in [6.07, 6.45) is 5.89. The molecule has 1 N–H and O–H groups in total. The number of rotatable bonds is 2. The summed E-state index contributed by atoms with van der Waals surface area (Å²) in [5.41, 5.74) is 1.95. The van der Waals surface area contributed by atoms with Crippen molar-refractivity contribution in [2.75, 3.05) is 6.54 Å². The van der Waals surface area contributed by atoms with Crippen molar-refractivity contribution >= 4 is 5.78 Å². The number of benzene rings is 1. The van der Waals surface area contributed by atoms with Gasteiger partial charge in [-0.15, -0.1) is 6.42 Å². The third-order valence-corrected chi connectivity index (χ3v) is 2.47. The smallest absolute Gasteiger partial charge is 0.180 e. The molecule has 70 valence electrons. The van der Waals surface area contributed by atoms with E-state index >= 15 is 0 Å². The second kappa shape index (κ2) is 3.65. The molecule has 1 aliphatic carbocycles. The minimum Gasteiger partial charge on any atom is -0.296 e. The van der Waals surface area contributed by atoms with Crippen molar-refractivity contribution < 1.29 is 4.79 Å². The van der Waals surface area contributed by atoms with Gasteiger partial charge in [-0.2, -0.15) is 0 Å². The van der Waals surface area contributed by atoms with Crippen LogP contribution in [0.5, 0.6) is 0 Å². The average Bonchev–Trinajstić information content (AvgIpc) is 2.54. The summed E-state index contributed by atoms with van der Waals surface area (Å²) in [5, 5.41) is 3.04. The lowest BCUT2D eigenvalue weighted by Crippen LogP contribution is -2.34. The molecule has 2 heteroatoms. The third-order valence-electron chi connectivity index (χ3n) is 2.47. The van der Waals surface area contributed by atoms with Gasteiger partial charge in [0, 0.05) is 5.56 Å². The van der Waals surface area contributed by atoms with Crippen molar-refractivity contribution in [3.63, 3.8) is 0 Å². The van der Waals surface area contributed by atoms with Gasteiger partial charge < -0.3 is 0 Å². The maximum absolute atomic E-state index is 11.8. The molecule has 0 spiro atoms. The van der Waals surface area contributed by atoms with Crippen LogP contribution in [0, 0.1) is 12.3 Å². The summed E-state index contributed by atoms with van der Waals surface area (Å²) in [6.45, 7) is 0.449. The Morgan fingerprint density at radius 2 is 2.29 bits per heavy atom. The second-order valence-corrected chi connectivity index (χ2v) is 3.36. The lowest BCUT2D eigenvalue weighted by Gasteiger charge is -2.06. The van der Waals surface area contributed by atoms with E-state index < -0.39 is 0 Å². The average molecular weight is 185 g/mol. The molecule has 0 radical (unpaired) electrons. The largest absolute Gasteiger partial charge is 0.296 e. The molecule has 2 nitrogen and oxygen atoms in total. The zero-order valence-corrected chi connectivity index (χ0v) is 7.79. The normalized spacial score (nSPS) is 19.1. The monoisotopic (exact) mass is 185 g/mol. The van der Waals surface area contributed by atoms with Gasteiger partial charge in [-0.05, 0) is 12.0 Å². The fraction of sp³-hybridized carbons (Fsp3) is 0.250. The molecule has 14 heavy (non-hydrogen) atoms. The van der Waals surface area contributed by atoms with Gasteiger partial charge in [-0.25, -0.2) is 0 Å². The lowest BCUT2D eigenvalue weighted by atomic mass is 10.1. The second-order valence-electron chi connectivity index (χ2n) is 3.36. The van der Waals surface area contributed by atoms with Crippen LogP contribution in [0.2, 0.25) is 0 Å². The molecule has 0 aliphatic heterocycles. The predicted molar refractivity (Wildman–Crippen MR) is 55.1 cm³/mol. The highest BCUT2D eigenvalue weighted by molar-refractivity contribution is 6.04. The molecule has 0 amide bonds. The molecule has 0 saturated carbocycles. The van der Waals surface area contributed by atoms with Gasteiger partial charge in [0.15, 0.2) is 5.78 Å². The Bertz CT molecular complexity index is 403. The van der Waals surface area contributed by atoms with E-state index in [0.717, 1.165) is 17.5 Å². The summed E-state index contributed by atoms with van der Waals surface area (Å²) in [5.74, 6) is 2.64. The zero-order chi connectivity index (χ0) is 9.97. The molecular weight excluding hydrogens is 174 g/mol. The number of hydrogen-bond acceptors (Lipinski definition) is 2. The third kappa shape index (κ3) is 1.43. The minimum absolute atomic E-state index is 0.122. The van der Waals surface area contributed by atoms with Crippen LogP contribution in [0.15, 0.2) is 24.3 Å². The van der Waals surface area contributed by atoms with Crippen molar-refractivity contribution in [1.82, 2.24) is 5.32 Å². The highest BCUT2D eigenvalue weighted by Crippen LogP contribution is 2.21. The first-order valence-corrected chi connectivity index (χ1v) is 4.62. The Labute approximate surface area is 83.3 Å². The molecule has 1 aromatic rings. The van der Waals surface area contributed by atoms with E-state index in [0.29, 0.717) is 6.54 Å². The van der Waals surface area contributed by atoms with E-state index in [1.54, 1.807) is 0 Å². The van der Waals surface area contributed by atoms with E-state index in [1.165, 1.54) is 0 Å². The summed E-state index contributed by atoms with van der Waals surface area (Å²) in [7, 11) is 0. The fourth-order valence-corrected chi connectivity index (χ4v) is 1.79. The molecule has 0 bridgehead atoms. The molecule has 0 saturated heterocycles. The Morgan fingerprint density at radius 1 is 1.50 bits per heavy atom. The number of ketones is 1. The van der Waals surface area contributed by atoms with Gasteiger partial charge in [0.25, 0.3) is 0 Å². The van der Waals surface area contributed by atoms with Gasteiger partial charge in [-0.1, -0.05) is 30.2 Å². The van der Waals surface area contributed by atoms with Crippen molar-refractivity contribution in [1.29, 1.82) is 0 Å². The highest BCUT2D eigenvalue weighted by Gasteiger charge is 2.28. The van der Waals surface area contributed by atoms with Crippen LogP contribution in [0.4, 0.5) is 0 Å². The van der Waals surface area contributed by atoms with Crippen LogP contribution in [-0.4, -0.2) is 18.4 Å². The quantitative estimate of drug-likeness (QED) is 0.697. The Kier molecular flexibility index (Phi) is 2.34. The maximum atomic E-state index is 11.8. The van der Waals surface area contributed by atoms with Crippen LogP contribution in [0.25, 0.3) is 0 Å². The van der Waals surface area contributed by atoms with Crippen molar-refractivity contribution in [3.05, 3.63) is 35.4 Å². The number of carbonyl (C=O) groups excluding carboxylic acids is 1. The minimum atomic E-state index is -0.122. The van der Waals surface area contributed by atoms with Crippen molar-refractivity contribution in [3.8, 4) is 12.3 Å². The Morgan fingerprint density at radius 3 is 3.00 bits per heavy atom. The number of hydrogen-bond donors (Lipinski definition) is 1. The first-order valence-electron chi connectivity index (χ1n) is 4.62. The molecule has 1 aliphatic rings. The van der Waals surface area contributed by atoms with E-state index in [9.17, 15) is 4.79 Å². The SMILES string of the molecule is C#CCNC1Cc2ccccc2C1=O. The first-order chi connectivity index (χ1) is 6.83. The van der Waals surface area contributed by atoms with E-state index in [2.05, 4.69) is 11.2 Å². The zero-order valence-electron chi connectivity index (χ0n) is 7.79. The highest BCUT2D eigenvalue weighted by atomic mass is 16.1. The topological polar surface area (TPSA) is 29.1 Å². The van der Waals surface area contributed by atoms with Crippen LogP contribution < -0.4 is 5.32 Å². The van der Waals surface area contributed by atoms with Crippen molar-refractivity contribution in [2.45, 2.75) is 12.5 Å². The number of carbonyl (C=O) groups is 1. The number of terminal acetylenes is 1. The van der Waals surface area contributed by atoms with Gasteiger partial charge in [0.1, 0.15) is 0 Å². The van der Waals surface area contributed by atoms with E-state index in [1.807, 2.05) is 24.3 Å². The summed E-state index contributed by atoms with van der Waals surface area (Å²) < 4.78 is 0. The summed E-state index contributed by atoms with van der Waals surface area (Å²) >= 11 is 0. The van der Waals surface area contributed by atoms with Crippen LogP contribution in [0.1, 0.15) is 15.9 Å². The molecule has 0 aromatic heterocycles. The fourth-order valence-electron chi connectivity index (χ4n) is 1.79. The van der Waals surface area contributed by atoms with E-state index in [4.69, 9.17) is 6.42 Å². The summed E-state index contributed by atoms with van der Waals surface area (Å²) in [6, 6.07) is 7.58. The molecular formula is C12H11NO. The first kappa shape index (κ1) is 8.98. The number of nitrogens with one attached hydrogen (secondary N) is 1. The van der Waals surface area contributed by atoms with E-state index in [-0.39, 0.29) is 11.8 Å². The molecule has 2 rings (SSSR count). The molecule has 0 heterocycles. The van der Waals surface area contributed by atoms with Crippen LogP contribution in [-0.2, 0) is 6.42 Å². The van der Waals surface area contributed by atoms with Crippen LogP contribution >= 0.6 is 0 Å². The number of Topliss-reactive ketones (excluding diaryl/α,β-unsaturated/α-hetero) is 1.